The summed E-state index contributed by atoms with van der Waals surface area (Å²) in [6, 6.07) is 11.1. The number of aromatic nitrogens is 2. The Morgan fingerprint density at radius 2 is 1.83 bits per heavy atom. The normalized spacial score (nSPS) is 10.1. The van der Waals surface area contributed by atoms with E-state index in [0.29, 0.717) is 12.3 Å². The van der Waals surface area contributed by atoms with Gasteiger partial charge in [-0.15, -0.1) is 10.2 Å². The second kappa shape index (κ2) is 5.40. The van der Waals surface area contributed by atoms with Gasteiger partial charge in [0.05, 0.1) is 12.3 Å². The van der Waals surface area contributed by atoms with Crippen molar-refractivity contribution >= 4 is 5.78 Å². The third kappa shape index (κ3) is 2.71. The average Bonchev–Trinajstić information content (AvgIpc) is 2.40. The van der Waals surface area contributed by atoms with Crippen molar-refractivity contribution in [2.75, 3.05) is 6.61 Å². The van der Waals surface area contributed by atoms with Gasteiger partial charge in [-0.1, -0.05) is 0 Å². The van der Waals surface area contributed by atoms with Crippen LogP contribution in [0.25, 0.3) is 11.3 Å². The van der Waals surface area contributed by atoms with Crippen molar-refractivity contribution in [2.45, 2.75) is 13.8 Å². The van der Waals surface area contributed by atoms with E-state index in [0.717, 1.165) is 17.0 Å². The second-order valence-electron chi connectivity index (χ2n) is 3.82. The van der Waals surface area contributed by atoms with Crippen molar-refractivity contribution in [2.24, 2.45) is 0 Å². The van der Waals surface area contributed by atoms with E-state index < -0.39 is 0 Å². The average molecular weight is 242 g/mol. The number of hydrogen-bond acceptors (Lipinski definition) is 4. The van der Waals surface area contributed by atoms with E-state index >= 15 is 0 Å². The second-order valence-corrected chi connectivity index (χ2v) is 3.82. The van der Waals surface area contributed by atoms with Gasteiger partial charge in [0.1, 0.15) is 11.4 Å². The molecule has 0 aliphatic heterocycles. The van der Waals surface area contributed by atoms with Crippen molar-refractivity contribution < 1.29 is 9.53 Å². The number of nitrogens with zero attached hydrogens (tertiary/aromatic N) is 2. The predicted octanol–water partition coefficient (Wildman–Crippen LogP) is 2.74. The van der Waals surface area contributed by atoms with Crippen LogP contribution < -0.4 is 4.74 Å². The first-order chi connectivity index (χ1) is 8.70. The monoisotopic (exact) mass is 242 g/mol. The van der Waals surface area contributed by atoms with Crippen LogP contribution in [0.1, 0.15) is 24.3 Å². The molecule has 92 valence electrons. The van der Waals surface area contributed by atoms with Crippen LogP contribution in [-0.2, 0) is 0 Å². The summed E-state index contributed by atoms with van der Waals surface area (Å²) in [5.41, 5.74) is 2.06. The van der Waals surface area contributed by atoms with Gasteiger partial charge in [-0.2, -0.15) is 0 Å². The fourth-order valence-corrected chi connectivity index (χ4v) is 1.56. The highest BCUT2D eigenvalue weighted by Gasteiger charge is 2.04. The lowest BCUT2D eigenvalue weighted by molar-refractivity contribution is 0.101. The van der Waals surface area contributed by atoms with Crippen molar-refractivity contribution in [3.8, 4) is 17.0 Å². The lowest BCUT2D eigenvalue weighted by atomic mass is 10.1. The van der Waals surface area contributed by atoms with E-state index in [9.17, 15) is 4.79 Å². The Morgan fingerprint density at radius 3 is 2.33 bits per heavy atom. The molecule has 0 fully saturated rings. The fourth-order valence-electron chi connectivity index (χ4n) is 1.56. The molecule has 2 rings (SSSR count). The molecule has 0 radical (unpaired) electrons. The van der Waals surface area contributed by atoms with Gasteiger partial charge in [-0.3, -0.25) is 4.79 Å². The van der Waals surface area contributed by atoms with Crippen molar-refractivity contribution in [1.82, 2.24) is 10.2 Å². The summed E-state index contributed by atoms with van der Waals surface area (Å²) in [6.07, 6.45) is 0. The zero-order valence-corrected chi connectivity index (χ0v) is 10.4. The molecule has 1 heterocycles. The highest BCUT2D eigenvalue weighted by Crippen LogP contribution is 2.20. The summed E-state index contributed by atoms with van der Waals surface area (Å²) in [6.45, 7) is 4.06. The maximum Gasteiger partial charge on any atom is 0.180 e. The van der Waals surface area contributed by atoms with Crippen molar-refractivity contribution in [3.63, 3.8) is 0 Å². The molecular formula is C14H14N2O2. The molecule has 1 aromatic carbocycles. The third-order valence-electron chi connectivity index (χ3n) is 2.49. The molecule has 0 unspecified atom stereocenters. The Kier molecular flexibility index (Phi) is 3.67. The van der Waals surface area contributed by atoms with Gasteiger partial charge in [0.25, 0.3) is 0 Å². The SMILES string of the molecule is CCOc1ccc(-c2ccc(C(C)=O)nn2)cc1. The molecule has 0 amide bonds. The first-order valence-electron chi connectivity index (χ1n) is 5.78. The lowest BCUT2D eigenvalue weighted by Crippen LogP contribution is -1.99. The van der Waals surface area contributed by atoms with Gasteiger partial charge in [0.15, 0.2) is 5.78 Å². The third-order valence-corrected chi connectivity index (χ3v) is 2.49. The van der Waals surface area contributed by atoms with E-state index in [1.54, 1.807) is 12.1 Å². The van der Waals surface area contributed by atoms with E-state index in [2.05, 4.69) is 10.2 Å². The zero-order chi connectivity index (χ0) is 13.0. The van der Waals surface area contributed by atoms with Gasteiger partial charge in [-0.05, 0) is 43.3 Å². The number of benzene rings is 1. The highest BCUT2D eigenvalue weighted by molar-refractivity contribution is 5.92. The van der Waals surface area contributed by atoms with E-state index in [1.807, 2.05) is 31.2 Å². The summed E-state index contributed by atoms with van der Waals surface area (Å²) < 4.78 is 5.37. The van der Waals surface area contributed by atoms with Gasteiger partial charge in [0, 0.05) is 12.5 Å². The van der Waals surface area contributed by atoms with Gasteiger partial charge in [-0.25, -0.2) is 0 Å². The standard InChI is InChI=1S/C14H14N2O2/c1-3-18-12-6-4-11(5-7-12)14-9-8-13(10(2)17)15-16-14/h4-9H,3H2,1-2H3. The molecule has 0 bridgehead atoms. The number of carbonyl (C=O) groups excluding carboxylic acids is 1. The highest BCUT2D eigenvalue weighted by atomic mass is 16.5. The molecule has 4 heteroatoms. The molecule has 0 N–H and O–H groups in total. The molecule has 4 nitrogen and oxygen atoms in total. The maximum atomic E-state index is 11.1. The zero-order valence-electron chi connectivity index (χ0n) is 10.4. The maximum absolute atomic E-state index is 11.1. The molecule has 0 saturated heterocycles. The van der Waals surface area contributed by atoms with Crippen molar-refractivity contribution in [3.05, 3.63) is 42.1 Å². The molecule has 0 spiro atoms. The lowest BCUT2D eigenvalue weighted by Gasteiger charge is -2.04. The molecule has 0 aliphatic rings. The van der Waals surface area contributed by atoms with Crippen LogP contribution in [0.2, 0.25) is 0 Å². The first-order valence-corrected chi connectivity index (χ1v) is 5.78. The van der Waals surface area contributed by atoms with Crippen LogP contribution in [-0.4, -0.2) is 22.6 Å². The Labute approximate surface area is 106 Å². The molecule has 18 heavy (non-hydrogen) atoms. The Hall–Kier alpha value is -2.23. The quantitative estimate of drug-likeness (QED) is 0.773. The van der Waals surface area contributed by atoms with Crippen molar-refractivity contribution in [1.29, 1.82) is 0 Å². The summed E-state index contributed by atoms with van der Waals surface area (Å²) in [4.78, 5) is 11.1. The summed E-state index contributed by atoms with van der Waals surface area (Å²) in [5.74, 6) is 0.746. The number of rotatable bonds is 4. The Morgan fingerprint density at radius 1 is 1.11 bits per heavy atom. The first kappa shape index (κ1) is 12.2. The van der Waals surface area contributed by atoms with E-state index in [1.165, 1.54) is 6.92 Å². The minimum atomic E-state index is -0.0826. The van der Waals surface area contributed by atoms with Crippen LogP contribution in [0.15, 0.2) is 36.4 Å². The van der Waals surface area contributed by atoms with Crippen LogP contribution >= 0.6 is 0 Å². The van der Waals surface area contributed by atoms with E-state index in [-0.39, 0.29) is 5.78 Å². The minimum absolute atomic E-state index is 0.0826. The molecule has 2 aromatic rings. The fraction of sp³-hybridized carbons (Fsp3) is 0.214. The number of Topliss-reactive ketones (excluding diaryl/α,β-unsaturated/α-hetero) is 1. The molecule has 0 atom stereocenters. The van der Waals surface area contributed by atoms with E-state index in [4.69, 9.17) is 4.74 Å². The largest absolute Gasteiger partial charge is 0.494 e. The van der Waals surface area contributed by atoms with Crippen LogP contribution in [0.4, 0.5) is 0 Å². The number of hydrogen-bond donors (Lipinski definition) is 0. The Bertz CT molecular complexity index is 533. The number of carbonyl (C=O) groups is 1. The van der Waals surface area contributed by atoms with Gasteiger partial charge in [0.2, 0.25) is 0 Å². The van der Waals surface area contributed by atoms with Crippen LogP contribution in [0, 0.1) is 0 Å². The minimum Gasteiger partial charge on any atom is -0.494 e. The number of ketones is 1. The molecular weight excluding hydrogens is 228 g/mol. The summed E-state index contributed by atoms with van der Waals surface area (Å²) in [5, 5.41) is 7.92. The predicted molar refractivity (Wildman–Crippen MR) is 68.6 cm³/mol. The smallest absolute Gasteiger partial charge is 0.180 e. The van der Waals surface area contributed by atoms with Crippen LogP contribution in [0.5, 0.6) is 5.75 Å². The van der Waals surface area contributed by atoms with Gasteiger partial charge >= 0.3 is 0 Å². The molecule has 0 aliphatic carbocycles. The summed E-state index contributed by atoms with van der Waals surface area (Å²) in [7, 11) is 0. The molecule has 1 aromatic heterocycles. The topological polar surface area (TPSA) is 52.1 Å². The summed E-state index contributed by atoms with van der Waals surface area (Å²) >= 11 is 0. The van der Waals surface area contributed by atoms with Gasteiger partial charge < -0.3 is 4.74 Å². The number of ether oxygens (including phenoxy) is 1. The Balaban J connectivity index is 2.23. The van der Waals surface area contributed by atoms with Crippen LogP contribution in [0.3, 0.4) is 0 Å². The molecule has 0 saturated carbocycles.